The van der Waals surface area contributed by atoms with Crippen molar-refractivity contribution in [2.45, 2.75) is 18.7 Å². The summed E-state index contributed by atoms with van der Waals surface area (Å²) in [6.07, 6.45) is 3.86. The van der Waals surface area contributed by atoms with Gasteiger partial charge in [0, 0.05) is 18.0 Å². The van der Waals surface area contributed by atoms with Gasteiger partial charge in [0.15, 0.2) is 0 Å². The van der Waals surface area contributed by atoms with Gasteiger partial charge in [-0.2, -0.15) is 0 Å². The lowest BCUT2D eigenvalue weighted by Crippen LogP contribution is -2.13. The number of methoxy groups -OCH3 is 1. The van der Waals surface area contributed by atoms with Gasteiger partial charge >= 0.3 is 0 Å². The van der Waals surface area contributed by atoms with Crippen molar-refractivity contribution in [3.05, 3.63) is 78.1 Å². The molecule has 0 bridgehead atoms. The number of aromatic nitrogens is 2. The maximum atomic E-state index is 12.9. The van der Waals surface area contributed by atoms with E-state index in [0.717, 1.165) is 28.0 Å². The zero-order valence-electron chi connectivity index (χ0n) is 16.4. The first-order valence-electron chi connectivity index (χ1n) is 9.09. The highest BCUT2D eigenvalue weighted by Crippen LogP contribution is 2.32. The molecular formula is C22H21N3O3S. The summed E-state index contributed by atoms with van der Waals surface area (Å²) in [5.41, 5.74) is 4.71. The van der Waals surface area contributed by atoms with Gasteiger partial charge in [-0.3, -0.25) is 4.72 Å². The molecule has 7 heteroatoms. The average molecular weight is 407 g/mol. The van der Waals surface area contributed by atoms with E-state index in [-0.39, 0.29) is 4.90 Å². The van der Waals surface area contributed by atoms with Gasteiger partial charge in [0.05, 0.1) is 23.4 Å². The second-order valence-corrected chi connectivity index (χ2v) is 8.62. The van der Waals surface area contributed by atoms with E-state index in [1.54, 1.807) is 30.3 Å². The van der Waals surface area contributed by atoms with Gasteiger partial charge in [0.25, 0.3) is 10.0 Å². The van der Waals surface area contributed by atoms with Crippen molar-refractivity contribution in [3.63, 3.8) is 0 Å². The Bertz CT molecular complexity index is 1310. The number of imidazole rings is 1. The van der Waals surface area contributed by atoms with Gasteiger partial charge < -0.3 is 9.14 Å². The first-order valence-corrected chi connectivity index (χ1v) is 10.6. The van der Waals surface area contributed by atoms with Crippen LogP contribution in [0.2, 0.25) is 0 Å². The molecule has 0 aliphatic rings. The van der Waals surface area contributed by atoms with E-state index in [9.17, 15) is 8.42 Å². The molecule has 148 valence electrons. The molecule has 4 rings (SSSR count). The second kappa shape index (κ2) is 7.25. The number of nitrogens with one attached hydrogen (secondary N) is 1. The van der Waals surface area contributed by atoms with Crippen LogP contribution in [-0.4, -0.2) is 24.9 Å². The van der Waals surface area contributed by atoms with Crippen molar-refractivity contribution in [3.8, 4) is 17.0 Å². The summed E-state index contributed by atoms with van der Waals surface area (Å²) in [5, 5.41) is 0. The lowest BCUT2D eigenvalue weighted by atomic mass is 10.1. The van der Waals surface area contributed by atoms with Gasteiger partial charge in [-0.05, 0) is 67.4 Å². The molecule has 4 aromatic rings. The van der Waals surface area contributed by atoms with Crippen LogP contribution in [0, 0.1) is 13.8 Å². The Balaban J connectivity index is 1.75. The second-order valence-electron chi connectivity index (χ2n) is 6.93. The van der Waals surface area contributed by atoms with Crippen molar-refractivity contribution in [1.29, 1.82) is 0 Å². The molecular weight excluding hydrogens is 386 g/mol. The maximum absolute atomic E-state index is 12.9. The van der Waals surface area contributed by atoms with Crippen LogP contribution >= 0.6 is 0 Å². The summed E-state index contributed by atoms with van der Waals surface area (Å²) < 4.78 is 35.7. The fourth-order valence-corrected chi connectivity index (χ4v) is 4.32. The average Bonchev–Trinajstić information content (AvgIpc) is 3.11. The third kappa shape index (κ3) is 3.82. The summed E-state index contributed by atoms with van der Waals surface area (Å²) in [6, 6.07) is 16.1. The molecule has 0 unspecified atom stereocenters. The van der Waals surface area contributed by atoms with E-state index in [1.165, 1.54) is 7.11 Å². The Morgan fingerprint density at radius 3 is 2.55 bits per heavy atom. The number of rotatable bonds is 5. The predicted molar refractivity (Wildman–Crippen MR) is 114 cm³/mol. The fourth-order valence-electron chi connectivity index (χ4n) is 3.16. The van der Waals surface area contributed by atoms with Crippen LogP contribution in [0.5, 0.6) is 5.75 Å². The third-order valence-electron chi connectivity index (χ3n) is 4.66. The molecule has 0 aliphatic carbocycles. The summed E-state index contributed by atoms with van der Waals surface area (Å²) in [4.78, 5) is 4.85. The third-order valence-corrected chi connectivity index (χ3v) is 6.02. The highest BCUT2D eigenvalue weighted by atomic mass is 32.2. The Hall–Kier alpha value is -3.32. The smallest absolute Gasteiger partial charge is 0.262 e. The van der Waals surface area contributed by atoms with Gasteiger partial charge in [-0.15, -0.1) is 0 Å². The zero-order valence-corrected chi connectivity index (χ0v) is 17.2. The topological polar surface area (TPSA) is 72.7 Å². The van der Waals surface area contributed by atoms with Crippen LogP contribution in [0.25, 0.3) is 16.9 Å². The molecule has 2 aromatic heterocycles. The molecule has 0 saturated heterocycles. The number of fused-ring (bicyclic) bond motifs is 1. The number of benzene rings is 2. The molecule has 0 radical (unpaired) electrons. The number of hydrogen-bond donors (Lipinski definition) is 1. The zero-order chi connectivity index (χ0) is 20.6. The van der Waals surface area contributed by atoms with Crippen LogP contribution in [0.3, 0.4) is 0 Å². The number of anilines is 1. The van der Waals surface area contributed by atoms with Crippen LogP contribution in [0.15, 0.2) is 71.9 Å². The molecule has 29 heavy (non-hydrogen) atoms. The summed E-state index contributed by atoms with van der Waals surface area (Å²) >= 11 is 0. The maximum Gasteiger partial charge on any atom is 0.262 e. The summed E-state index contributed by atoms with van der Waals surface area (Å²) in [6.45, 7) is 3.87. The Morgan fingerprint density at radius 2 is 1.79 bits per heavy atom. The monoisotopic (exact) mass is 407 g/mol. The van der Waals surface area contributed by atoms with Crippen molar-refractivity contribution in [2.24, 2.45) is 0 Å². The highest BCUT2D eigenvalue weighted by Gasteiger charge is 2.18. The van der Waals surface area contributed by atoms with Crippen LogP contribution < -0.4 is 9.46 Å². The van der Waals surface area contributed by atoms with E-state index in [2.05, 4.69) is 9.71 Å². The standard InChI is InChI=1S/C22H21N3O3S/c1-15-5-4-6-18(11-15)29(26,27)24-19-13-17(7-8-21(19)28-3)20-14-25-10-9-16(2)12-22(25)23-20/h4-14,24H,1-3H3. The molecule has 0 spiro atoms. The molecule has 2 heterocycles. The minimum Gasteiger partial charge on any atom is -0.495 e. The van der Waals surface area contributed by atoms with Crippen molar-refractivity contribution < 1.29 is 13.2 Å². The molecule has 2 aromatic carbocycles. The Kier molecular flexibility index (Phi) is 4.76. The lowest BCUT2D eigenvalue weighted by Gasteiger charge is -2.13. The largest absolute Gasteiger partial charge is 0.495 e. The molecule has 0 amide bonds. The number of aryl methyl sites for hydroxylation is 2. The molecule has 0 atom stereocenters. The van der Waals surface area contributed by atoms with E-state index in [4.69, 9.17) is 4.74 Å². The van der Waals surface area contributed by atoms with Gasteiger partial charge in [0.2, 0.25) is 0 Å². The number of sulfonamides is 1. The highest BCUT2D eigenvalue weighted by molar-refractivity contribution is 7.92. The van der Waals surface area contributed by atoms with Gasteiger partial charge in [0.1, 0.15) is 11.4 Å². The molecule has 0 fully saturated rings. The van der Waals surface area contributed by atoms with Crippen molar-refractivity contribution in [2.75, 3.05) is 11.8 Å². The summed E-state index contributed by atoms with van der Waals surface area (Å²) in [5.74, 6) is 0.435. The van der Waals surface area contributed by atoms with E-state index < -0.39 is 10.0 Å². The van der Waals surface area contributed by atoms with Crippen molar-refractivity contribution >= 4 is 21.4 Å². The van der Waals surface area contributed by atoms with Crippen molar-refractivity contribution in [1.82, 2.24) is 9.38 Å². The molecule has 1 N–H and O–H groups in total. The number of hydrogen-bond acceptors (Lipinski definition) is 4. The molecule has 6 nitrogen and oxygen atoms in total. The quantitative estimate of drug-likeness (QED) is 0.531. The Morgan fingerprint density at radius 1 is 1.00 bits per heavy atom. The minimum atomic E-state index is -3.75. The normalized spacial score (nSPS) is 11.6. The number of pyridine rings is 1. The molecule has 0 saturated carbocycles. The first-order chi connectivity index (χ1) is 13.9. The predicted octanol–water partition coefficient (Wildman–Crippen LogP) is 4.43. The lowest BCUT2D eigenvalue weighted by molar-refractivity contribution is 0.417. The Labute approximate surface area is 169 Å². The van der Waals surface area contributed by atoms with Crippen LogP contribution in [0.1, 0.15) is 11.1 Å². The van der Waals surface area contributed by atoms with Crippen LogP contribution in [0.4, 0.5) is 5.69 Å². The van der Waals surface area contributed by atoms with E-state index in [0.29, 0.717) is 11.4 Å². The van der Waals surface area contributed by atoms with E-state index >= 15 is 0 Å². The number of ether oxygens (including phenoxy) is 1. The first kappa shape index (κ1) is 19.0. The molecule has 0 aliphatic heterocycles. The SMILES string of the molecule is COc1ccc(-c2cn3ccc(C)cc3n2)cc1NS(=O)(=O)c1cccc(C)c1. The van der Waals surface area contributed by atoms with Gasteiger partial charge in [-0.1, -0.05) is 12.1 Å². The fraction of sp³-hybridized carbons (Fsp3) is 0.136. The van der Waals surface area contributed by atoms with E-state index in [1.807, 2.05) is 54.9 Å². The minimum absolute atomic E-state index is 0.202. The summed E-state index contributed by atoms with van der Waals surface area (Å²) in [7, 11) is -2.25. The van der Waals surface area contributed by atoms with Gasteiger partial charge in [-0.25, -0.2) is 13.4 Å². The van der Waals surface area contributed by atoms with Crippen LogP contribution in [-0.2, 0) is 10.0 Å². The number of nitrogens with zero attached hydrogens (tertiary/aromatic N) is 2.